The third-order valence-electron chi connectivity index (χ3n) is 2.45. The monoisotopic (exact) mass is 193 g/mol. The summed E-state index contributed by atoms with van der Waals surface area (Å²) in [7, 11) is 1.69. The first kappa shape index (κ1) is 10.9. The third-order valence-corrected chi connectivity index (χ3v) is 2.45. The zero-order valence-electron chi connectivity index (χ0n) is 9.42. The second kappa shape index (κ2) is 4.89. The average Bonchev–Trinajstić information content (AvgIpc) is 2.20. The molecule has 2 heteroatoms. The molecule has 78 valence electrons. The molecule has 0 bridgehead atoms. The lowest BCUT2D eigenvalue weighted by atomic mass is 10.1. The Kier molecular flexibility index (Phi) is 3.81. The highest BCUT2D eigenvalue weighted by Crippen LogP contribution is 2.21. The Morgan fingerprint density at radius 2 is 2.14 bits per heavy atom. The lowest BCUT2D eigenvalue weighted by Gasteiger charge is -2.15. The number of rotatable bonds is 4. The standard InChI is InChI=1S/C12H19NO/c1-5-10(3)13-12-7-6-11(14-4)8-9(12)2/h6-8,10,13H,5H2,1-4H3/t10-/m1/s1. The number of anilines is 1. The molecule has 14 heavy (non-hydrogen) atoms. The van der Waals surface area contributed by atoms with E-state index < -0.39 is 0 Å². The molecule has 1 N–H and O–H groups in total. The van der Waals surface area contributed by atoms with Crippen LogP contribution in [-0.4, -0.2) is 13.2 Å². The van der Waals surface area contributed by atoms with E-state index in [0.29, 0.717) is 6.04 Å². The maximum Gasteiger partial charge on any atom is 0.119 e. The van der Waals surface area contributed by atoms with E-state index in [1.54, 1.807) is 7.11 Å². The van der Waals surface area contributed by atoms with Crippen molar-refractivity contribution in [2.24, 2.45) is 0 Å². The van der Waals surface area contributed by atoms with Gasteiger partial charge in [0.1, 0.15) is 5.75 Å². The molecule has 2 nitrogen and oxygen atoms in total. The fourth-order valence-electron chi connectivity index (χ4n) is 1.29. The molecule has 0 spiro atoms. The molecule has 0 saturated carbocycles. The van der Waals surface area contributed by atoms with Gasteiger partial charge in [0, 0.05) is 11.7 Å². The van der Waals surface area contributed by atoms with E-state index in [1.807, 2.05) is 12.1 Å². The molecule has 0 aliphatic carbocycles. The number of aryl methyl sites for hydroxylation is 1. The van der Waals surface area contributed by atoms with Gasteiger partial charge in [-0.05, 0) is 44.0 Å². The molecule has 0 amide bonds. The molecule has 0 saturated heterocycles. The third kappa shape index (κ3) is 2.66. The van der Waals surface area contributed by atoms with Crippen LogP contribution in [0, 0.1) is 6.92 Å². The van der Waals surface area contributed by atoms with Gasteiger partial charge in [-0.3, -0.25) is 0 Å². The van der Waals surface area contributed by atoms with E-state index in [2.05, 4.69) is 32.2 Å². The topological polar surface area (TPSA) is 21.3 Å². The Hall–Kier alpha value is -1.18. The smallest absolute Gasteiger partial charge is 0.119 e. The minimum Gasteiger partial charge on any atom is -0.497 e. The lowest BCUT2D eigenvalue weighted by Crippen LogP contribution is -2.14. The van der Waals surface area contributed by atoms with Crippen molar-refractivity contribution in [1.29, 1.82) is 0 Å². The molecule has 1 aromatic rings. The SMILES string of the molecule is CC[C@@H](C)Nc1ccc(OC)cc1C. The summed E-state index contributed by atoms with van der Waals surface area (Å²) in [6, 6.07) is 6.62. The molecular weight excluding hydrogens is 174 g/mol. The molecule has 0 aliphatic rings. The molecule has 0 radical (unpaired) electrons. The van der Waals surface area contributed by atoms with E-state index in [1.165, 1.54) is 11.3 Å². The van der Waals surface area contributed by atoms with Gasteiger partial charge >= 0.3 is 0 Å². The van der Waals surface area contributed by atoms with Crippen LogP contribution in [0.15, 0.2) is 18.2 Å². The average molecular weight is 193 g/mol. The van der Waals surface area contributed by atoms with E-state index in [-0.39, 0.29) is 0 Å². The van der Waals surface area contributed by atoms with Crippen LogP contribution in [0.4, 0.5) is 5.69 Å². The van der Waals surface area contributed by atoms with Crippen molar-refractivity contribution in [1.82, 2.24) is 0 Å². The van der Waals surface area contributed by atoms with Crippen molar-refractivity contribution in [2.75, 3.05) is 12.4 Å². The summed E-state index contributed by atoms with van der Waals surface area (Å²) in [6.07, 6.45) is 1.13. The van der Waals surface area contributed by atoms with Gasteiger partial charge in [-0.15, -0.1) is 0 Å². The highest BCUT2D eigenvalue weighted by Gasteiger charge is 2.02. The summed E-state index contributed by atoms with van der Waals surface area (Å²) in [4.78, 5) is 0. The maximum absolute atomic E-state index is 5.15. The number of hydrogen-bond donors (Lipinski definition) is 1. The van der Waals surface area contributed by atoms with Crippen LogP contribution in [0.3, 0.4) is 0 Å². The van der Waals surface area contributed by atoms with Gasteiger partial charge in [-0.2, -0.15) is 0 Å². The largest absolute Gasteiger partial charge is 0.497 e. The molecule has 0 aliphatic heterocycles. The van der Waals surface area contributed by atoms with E-state index in [9.17, 15) is 0 Å². The fraction of sp³-hybridized carbons (Fsp3) is 0.500. The molecule has 0 fully saturated rings. The molecule has 0 heterocycles. The fourth-order valence-corrected chi connectivity index (χ4v) is 1.29. The minimum absolute atomic E-state index is 0.516. The van der Waals surface area contributed by atoms with Crippen LogP contribution in [-0.2, 0) is 0 Å². The second-order valence-electron chi connectivity index (χ2n) is 3.63. The van der Waals surface area contributed by atoms with Crippen molar-refractivity contribution in [3.8, 4) is 5.75 Å². The van der Waals surface area contributed by atoms with Crippen LogP contribution in [0.5, 0.6) is 5.75 Å². The van der Waals surface area contributed by atoms with Crippen molar-refractivity contribution < 1.29 is 4.74 Å². The Labute approximate surface area is 86.3 Å². The number of benzene rings is 1. The summed E-state index contributed by atoms with van der Waals surface area (Å²) in [5.74, 6) is 0.914. The predicted molar refractivity (Wildman–Crippen MR) is 61.1 cm³/mol. The molecular formula is C12H19NO. The molecule has 1 atom stereocenters. The normalized spacial score (nSPS) is 12.3. The van der Waals surface area contributed by atoms with Crippen LogP contribution in [0.25, 0.3) is 0 Å². The van der Waals surface area contributed by atoms with Gasteiger partial charge in [0.2, 0.25) is 0 Å². The van der Waals surface area contributed by atoms with Gasteiger partial charge in [0.15, 0.2) is 0 Å². The number of methoxy groups -OCH3 is 1. The summed E-state index contributed by atoms with van der Waals surface area (Å²) in [5, 5.41) is 3.46. The second-order valence-corrected chi connectivity index (χ2v) is 3.63. The first-order valence-corrected chi connectivity index (χ1v) is 5.08. The van der Waals surface area contributed by atoms with Gasteiger partial charge in [0.25, 0.3) is 0 Å². The molecule has 1 aromatic carbocycles. The van der Waals surface area contributed by atoms with E-state index >= 15 is 0 Å². The maximum atomic E-state index is 5.15. The van der Waals surface area contributed by atoms with Crippen molar-refractivity contribution >= 4 is 5.69 Å². The molecule has 1 rings (SSSR count). The zero-order valence-corrected chi connectivity index (χ0v) is 9.42. The molecule has 0 aromatic heterocycles. The van der Waals surface area contributed by atoms with Crippen LogP contribution in [0.1, 0.15) is 25.8 Å². The van der Waals surface area contributed by atoms with Crippen LogP contribution in [0.2, 0.25) is 0 Å². The summed E-state index contributed by atoms with van der Waals surface area (Å²) in [5.41, 5.74) is 2.42. The Morgan fingerprint density at radius 3 is 2.64 bits per heavy atom. The number of hydrogen-bond acceptors (Lipinski definition) is 2. The minimum atomic E-state index is 0.516. The van der Waals surface area contributed by atoms with Crippen molar-refractivity contribution in [3.63, 3.8) is 0 Å². The summed E-state index contributed by atoms with van der Waals surface area (Å²) < 4.78 is 5.15. The van der Waals surface area contributed by atoms with Gasteiger partial charge in [-0.25, -0.2) is 0 Å². The van der Waals surface area contributed by atoms with Crippen LogP contribution < -0.4 is 10.1 Å². The summed E-state index contributed by atoms with van der Waals surface area (Å²) in [6.45, 7) is 6.45. The predicted octanol–water partition coefficient (Wildman–Crippen LogP) is 3.21. The van der Waals surface area contributed by atoms with E-state index in [0.717, 1.165) is 12.2 Å². The number of nitrogens with one attached hydrogen (secondary N) is 1. The van der Waals surface area contributed by atoms with Crippen LogP contribution >= 0.6 is 0 Å². The van der Waals surface area contributed by atoms with Gasteiger partial charge in [-0.1, -0.05) is 6.92 Å². The summed E-state index contributed by atoms with van der Waals surface area (Å²) >= 11 is 0. The Morgan fingerprint density at radius 1 is 1.43 bits per heavy atom. The molecule has 0 unspecified atom stereocenters. The highest BCUT2D eigenvalue weighted by molar-refractivity contribution is 5.54. The van der Waals surface area contributed by atoms with Gasteiger partial charge in [0.05, 0.1) is 7.11 Å². The first-order valence-electron chi connectivity index (χ1n) is 5.08. The Bertz CT molecular complexity index is 296. The quantitative estimate of drug-likeness (QED) is 0.792. The Balaban J connectivity index is 2.78. The highest BCUT2D eigenvalue weighted by atomic mass is 16.5. The lowest BCUT2D eigenvalue weighted by molar-refractivity contribution is 0.414. The van der Waals surface area contributed by atoms with Crippen molar-refractivity contribution in [2.45, 2.75) is 33.2 Å². The first-order chi connectivity index (χ1) is 6.67. The van der Waals surface area contributed by atoms with E-state index in [4.69, 9.17) is 4.74 Å². The van der Waals surface area contributed by atoms with Gasteiger partial charge < -0.3 is 10.1 Å². The number of ether oxygens (including phenoxy) is 1. The zero-order chi connectivity index (χ0) is 10.6. The van der Waals surface area contributed by atoms with Crippen molar-refractivity contribution in [3.05, 3.63) is 23.8 Å².